The molecule has 0 atom stereocenters. The normalized spacial score (nSPS) is 10.4. The summed E-state index contributed by atoms with van der Waals surface area (Å²) in [5.74, 6) is -0.103. The lowest BCUT2D eigenvalue weighted by Crippen LogP contribution is -2.33. The SMILES string of the molecule is Cc1ccc(C(=O)N(CCO)Cc2cccnc2)cc1Br. The Bertz CT molecular complexity index is 617. The van der Waals surface area contributed by atoms with E-state index in [4.69, 9.17) is 0 Å². The number of amides is 1. The molecule has 0 aliphatic rings. The maximum atomic E-state index is 12.6. The highest BCUT2D eigenvalue weighted by atomic mass is 79.9. The Hall–Kier alpha value is -1.72. The third-order valence-electron chi connectivity index (χ3n) is 3.17. The zero-order valence-electron chi connectivity index (χ0n) is 11.8. The number of halogens is 1. The van der Waals surface area contributed by atoms with Gasteiger partial charge >= 0.3 is 0 Å². The lowest BCUT2D eigenvalue weighted by atomic mass is 10.1. The minimum absolute atomic E-state index is 0.0704. The molecule has 1 aromatic heterocycles. The molecule has 2 rings (SSSR count). The number of benzene rings is 1. The van der Waals surface area contributed by atoms with Gasteiger partial charge in [-0.25, -0.2) is 0 Å². The summed E-state index contributed by atoms with van der Waals surface area (Å²) in [4.78, 5) is 18.2. The maximum Gasteiger partial charge on any atom is 0.254 e. The molecule has 21 heavy (non-hydrogen) atoms. The van der Waals surface area contributed by atoms with E-state index in [1.807, 2.05) is 31.2 Å². The predicted molar refractivity (Wildman–Crippen MR) is 84.9 cm³/mol. The van der Waals surface area contributed by atoms with Crippen LogP contribution >= 0.6 is 15.9 Å². The zero-order chi connectivity index (χ0) is 15.2. The van der Waals surface area contributed by atoms with Crippen LogP contribution in [-0.2, 0) is 6.54 Å². The first kappa shape index (κ1) is 15.7. The Morgan fingerprint density at radius 2 is 2.19 bits per heavy atom. The van der Waals surface area contributed by atoms with Crippen LogP contribution in [0.15, 0.2) is 47.2 Å². The van der Waals surface area contributed by atoms with E-state index < -0.39 is 0 Å². The van der Waals surface area contributed by atoms with Crippen LogP contribution < -0.4 is 0 Å². The minimum Gasteiger partial charge on any atom is -0.395 e. The fourth-order valence-electron chi connectivity index (χ4n) is 1.99. The van der Waals surface area contributed by atoms with Gasteiger partial charge in [-0.15, -0.1) is 0 Å². The van der Waals surface area contributed by atoms with Gasteiger partial charge in [-0.05, 0) is 36.2 Å². The minimum atomic E-state index is -0.103. The molecule has 4 nitrogen and oxygen atoms in total. The Morgan fingerprint density at radius 1 is 1.38 bits per heavy atom. The number of carbonyl (C=O) groups excluding carboxylic acids is 1. The van der Waals surface area contributed by atoms with Gasteiger partial charge in [0.15, 0.2) is 0 Å². The summed E-state index contributed by atoms with van der Waals surface area (Å²) in [5, 5.41) is 9.19. The Balaban J connectivity index is 2.20. The van der Waals surface area contributed by atoms with Crippen molar-refractivity contribution in [3.8, 4) is 0 Å². The lowest BCUT2D eigenvalue weighted by Gasteiger charge is -2.22. The van der Waals surface area contributed by atoms with Crippen molar-refractivity contribution in [1.82, 2.24) is 9.88 Å². The van der Waals surface area contributed by atoms with E-state index in [1.54, 1.807) is 23.4 Å². The molecule has 0 saturated carbocycles. The monoisotopic (exact) mass is 348 g/mol. The maximum absolute atomic E-state index is 12.6. The standard InChI is InChI=1S/C16H17BrN2O2/c1-12-4-5-14(9-15(12)17)16(21)19(7-8-20)11-13-3-2-6-18-10-13/h2-6,9-10,20H,7-8,11H2,1H3. The largest absolute Gasteiger partial charge is 0.395 e. The number of hydrogen-bond donors (Lipinski definition) is 1. The molecule has 5 heteroatoms. The van der Waals surface area contributed by atoms with Crippen molar-refractivity contribution in [3.63, 3.8) is 0 Å². The van der Waals surface area contributed by atoms with Gasteiger partial charge in [-0.3, -0.25) is 9.78 Å². The fraction of sp³-hybridized carbons (Fsp3) is 0.250. The van der Waals surface area contributed by atoms with E-state index in [2.05, 4.69) is 20.9 Å². The first-order chi connectivity index (χ1) is 10.1. The number of pyridine rings is 1. The molecule has 0 aliphatic heterocycles. The van der Waals surface area contributed by atoms with Crippen LogP contribution in [0.5, 0.6) is 0 Å². The van der Waals surface area contributed by atoms with E-state index in [0.29, 0.717) is 18.7 Å². The molecule has 1 aromatic carbocycles. The van der Waals surface area contributed by atoms with Gasteiger partial charge in [0, 0.05) is 35.5 Å². The van der Waals surface area contributed by atoms with Crippen molar-refractivity contribution in [2.75, 3.05) is 13.2 Å². The molecule has 0 unspecified atom stereocenters. The van der Waals surface area contributed by atoms with E-state index in [-0.39, 0.29) is 12.5 Å². The highest BCUT2D eigenvalue weighted by Gasteiger charge is 2.16. The van der Waals surface area contributed by atoms with Gasteiger partial charge in [0.1, 0.15) is 0 Å². The van der Waals surface area contributed by atoms with Crippen molar-refractivity contribution >= 4 is 21.8 Å². The summed E-state index contributed by atoms with van der Waals surface area (Å²) in [5.41, 5.74) is 2.61. The van der Waals surface area contributed by atoms with Crippen LogP contribution in [0.1, 0.15) is 21.5 Å². The molecule has 0 spiro atoms. The van der Waals surface area contributed by atoms with Crippen molar-refractivity contribution in [1.29, 1.82) is 0 Å². The molecule has 110 valence electrons. The molecule has 2 aromatic rings. The number of aliphatic hydroxyl groups is 1. The van der Waals surface area contributed by atoms with Gasteiger partial charge in [0.2, 0.25) is 0 Å². The molecule has 1 heterocycles. The Kier molecular flexibility index (Phi) is 5.47. The fourth-order valence-corrected chi connectivity index (χ4v) is 2.37. The number of aliphatic hydroxyl groups excluding tert-OH is 1. The van der Waals surface area contributed by atoms with E-state index in [0.717, 1.165) is 15.6 Å². The summed E-state index contributed by atoms with van der Waals surface area (Å²) in [7, 11) is 0. The molecule has 0 bridgehead atoms. The second-order valence-corrected chi connectivity index (χ2v) is 5.63. The van der Waals surface area contributed by atoms with E-state index >= 15 is 0 Å². The average Bonchev–Trinajstić information content (AvgIpc) is 2.50. The third-order valence-corrected chi connectivity index (χ3v) is 4.03. The second kappa shape index (κ2) is 7.33. The van der Waals surface area contributed by atoms with Crippen LogP contribution in [0.25, 0.3) is 0 Å². The number of aryl methyl sites for hydroxylation is 1. The lowest BCUT2D eigenvalue weighted by molar-refractivity contribution is 0.0707. The van der Waals surface area contributed by atoms with E-state index in [9.17, 15) is 9.90 Å². The van der Waals surface area contributed by atoms with Gasteiger partial charge < -0.3 is 10.0 Å². The van der Waals surface area contributed by atoms with Gasteiger partial charge in [0.05, 0.1) is 6.61 Å². The first-order valence-electron chi connectivity index (χ1n) is 6.67. The molecule has 0 saturated heterocycles. The summed E-state index contributed by atoms with van der Waals surface area (Å²) in [6.07, 6.45) is 3.42. The summed E-state index contributed by atoms with van der Waals surface area (Å²) < 4.78 is 0.902. The van der Waals surface area contributed by atoms with Gasteiger partial charge in [-0.2, -0.15) is 0 Å². The van der Waals surface area contributed by atoms with Gasteiger partial charge in [-0.1, -0.05) is 28.1 Å². The smallest absolute Gasteiger partial charge is 0.254 e. The molecular weight excluding hydrogens is 332 g/mol. The highest BCUT2D eigenvalue weighted by Crippen LogP contribution is 2.19. The van der Waals surface area contributed by atoms with Crippen LogP contribution in [0.3, 0.4) is 0 Å². The van der Waals surface area contributed by atoms with Crippen LogP contribution in [0.4, 0.5) is 0 Å². The molecule has 1 amide bonds. The Morgan fingerprint density at radius 3 is 2.81 bits per heavy atom. The Labute approximate surface area is 132 Å². The van der Waals surface area contributed by atoms with Gasteiger partial charge in [0.25, 0.3) is 5.91 Å². The average molecular weight is 349 g/mol. The first-order valence-corrected chi connectivity index (χ1v) is 7.46. The topological polar surface area (TPSA) is 53.4 Å². The third kappa shape index (κ3) is 4.12. The van der Waals surface area contributed by atoms with Crippen LogP contribution in [0.2, 0.25) is 0 Å². The molecular formula is C16H17BrN2O2. The number of aromatic nitrogens is 1. The molecule has 0 radical (unpaired) electrons. The molecule has 0 fully saturated rings. The number of carbonyl (C=O) groups is 1. The summed E-state index contributed by atoms with van der Waals surface area (Å²) >= 11 is 3.44. The number of nitrogens with zero attached hydrogens (tertiary/aromatic N) is 2. The van der Waals surface area contributed by atoms with Crippen molar-refractivity contribution in [3.05, 3.63) is 63.9 Å². The highest BCUT2D eigenvalue weighted by molar-refractivity contribution is 9.10. The van der Waals surface area contributed by atoms with Crippen molar-refractivity contribution in [2.24, 2.45) is 0 Å². The number of rotatable bonds is 5. The summed E-state index contributed by atoms with van der Waals surface area (Å²) in [6.45, 7) is 2.62. The quantitative estimate of drug-likeness (QED) is 0.903. The number of hydrogen-bond acceptors (Lipinski definition) is 3. The van der Waals surface area contributed by atoms with Crippen LogP contribution in [-0.4, -0.2) is 34.0 Å². The second-order valence-electron chi connectivity index (χ2n) is 4.78. The zero-order valence-corrected chi connectivity index (χ0v) is 13.4. The van der Waals surface area contributed by atoms with E-state index in [1.165, 1.54) is 0 Å². The summed E-state index contributed by atoms with van der Waals surface area (Å²) in [6, 6.07) is 9.26. The predicted octanol–water partition coefficient (Wildman–Crippen LogP) is 2.79. The van der Waals surface area contributed by atoms with Crippen molar-refractivity contribution in [2.45, 2.75) is 13.5 Å². The van der Waals surface area contributed by atoms with Crippen LogP contribution in [0, 0.1) is 6.92 Å². The molecule has 1 N–H and O–H groups in total. The molecule has 0 aliphatic carbocycles. The van der Waals surface area contributed by atoms with Crippen molar-refractivity contribution < 1.29 is 9.90 Å².